The van der Waals surface area contributed by atoms with Gasteiger partial charge in [0, 0.05) is 32.2 Å². The van der Waals surface area contributed by atoms with E-state index in [9.17, 15) is 0 Å². The molecule has 0 aromatic heterocycles. The summed E-state index contributed by atoms with van der Waals surface area (Å²) < 4.78 is 0. The van der Waals surface area contributed by atoms with Crippen molar-refractivity contribution in [3.05, 3.63) is 60.2 Å². The topological polar surface area (TPSA) is 15.3 Å². The summed E-state index contributed by atoms with van der Waals surface area (Å²) in [6.07, 6.45) is 2.51. The largest absolute Gasteiger partial charge is 0.314 e. The maximum absolute atomic E-state index is 3.51. The number of piperazine rings is 1. The normalized spacial score (nSPS) is 16.0. The maximum Gasteiger partial charge on any atom is 0.0355 e. The molecule has 4 heteroatoms. The molecular formula is C24H32Cl2N2. The molecule has 1 N–H and O–H groups in total. The third kappa shape index (κ3) is 4.80. The van der Waals surface area contributed by atoms with Crippen molar-refractivity contribution in [3.63, 3.8) is 0 Å². The van der Waals surface area contributed by atoms with Crippen LogP contribution in [0.4, 0.5) is 0 Å². The Morgan fingerprint density at radius 2 is 1.43 bits per heavy atom. The van der Waals surface area contributed by atoms with E-state index in [2.05, 4.69) is 78.7 Å². The minimum absolute atomic E-state index is 0. The smallest absolute Gasteiger partial charge is 0.0355 e. The van der Waals surface area contributed by atoms with Crippen molar-refractivity contribution in [1.82, 2.24) is 10.2 Å². The summed E-state index contributed by atoms with van der Waals surface area (Å²) in [4.78, 5) is 2.70. The van der Waals surface area contributed by atoms with Crippen molar-refractivity contribution in [3.8, 4) is 0 Å². The Bertz CT molecular complexity index is 888. The lowest BCUT2D eigenvalue weighted by Crippen LogP contribution is -2.45. The number of fused-ring (bicyclic) bond motifs is 3. The summed E-state index contributed by atoms with van der Waals surface area (Å²) in [5, 5.41) is 9.07. The SMILES string of the molecule is CC(C)CC[C@H](c1cc2ccccc2c2ccccc12)N1CCNCC1.Cl.Cl. The molecule has 1 aliphatic heterocycles. The predicted molar refractivity (Wildman–Crippen MR) is 127 cm³/mol. The second-order valence-electron chi connectivity index (χ2n) is 8.01. The van der Waals surface area contributed by atoms with Gasteiger partial charge in [0.1, 0.15) is 0 Å². The Labute approximate surface area is 181 Å². The number of benzene rings is 3. The molecule has 0 amide bonds. The van der Waals surface area contributed by atoms with Gasteiger partial charge < -0.3 is 5.32 Å². The number of rotatable bonds is 5. The second kappa shape index (κ2) is 10.5. The highest BCUT2D eigenvalue weighted by Crippen LogP contribution is 2.37. The number of nitrogens with one attached hydrogen (secondary N) is 1. The van der Waals surface area contributed by atoms with Crippen LogP contribution < -0.4 is 5.32 Å². The summed E-state index contributed by atoms with van der Waals surface area (Å²) in [6.45, 7) is 9.17. The number of hydrogen-bond donors (Lipinski definition) is 1. The minimum atomic E-state index is 0. The van der Waals surface area contributed by atoms with E-state index in [-0.39, 0.29) is 24.8 Å². The monoisotopic (exact) mass is 418 g/mol. The Balaban J connectivity index is 0.00000140. The van der Waals surface area contributed by atoms with Crippen molar-refractivity contribution in [2.45, 2.75) is 32.7 Å². The van der Waals surface area contributed by atoms with E-state index in [1.807, 2.05) is 0 Å². The van der Waals surface area contributed by atoms with E-state index in [0.29, 0.717) is 6.04 Å². The third-order valence-corrected chi connectivity index (χ3v) is 5.77. The number of hydrogen-bond acceptors (Lipinski definition) is 2. The van der Waals surface area contributed by atoms with Crippen LogP contribution in [0.3, 0.4) is 0 Å². The van der Waals surface area contributed by atoms with Gasteiger partial charge in [-0.25, -0.2) is 0 Å². The zero-order chi connectivity index (χ0) is 17.9. The van der Waals surface area contributed by atoms with Crippen LogP contribution in [0.15, 0.2) is 54.6 Å². The summed E-state index contributed by atoms with van der Waals surface area (Å²) in [5.74, 6) is 0.743. The molecule has 1 aliphatic rings. The minimum Gasteiger partial charge on any atom is -0.314 e. The van der Waals surface area contributed by atoms with Gasteiger partial charge >= 0.3 is 0 Å². The fraction of sp³-hybridized carbons (Fsp3) is 0.417. The van der Waals surface area contributed by atoms with E-state index in [4.69, 9.17) is 0 Å². The molecule has 152 valence electrons. The molecule has 3 aromatic rings. The summed E-state index contributed by atoms with van der Waals surface area (Å²) in [5.41, 5.74) is 1.52. The fourth-order valence-corrected chi connectivity index (χ4v) is 4.38. The summed E-state index contributed by atoms with van der Waals surface area (Å²) in [6, 6.07) is 20.8. The molecule has 1 fully saturated rings. The molecule has 2 nitrogen and oxygen atoms in total. The summed E-state index contributed by atoms with van der Waals surface area (Å²) >= 11 is 0. The van der Waals surface area contributed by atoms with Crippen LogP contribution in [0.1, 0.15) is 38.3 Å². The first-order chi connectivity index (χ1) is 12.7. The highest BCUT2D eigenvalue weighted by Gasteiger charge is 2.24. The average molecular weight is 419 g/mol. The molecule has 0 radical (unpaired) electrons. The molecular weight excluding hydrogens is 387 g/mol. The van der Waals surface area contributed by atoms with Crippen molar-refractivity contribution < 1.29 is 0 Å². The average Bonchev–Trinajstić information content (AvgIpc) is 2.69. The van der Waals surface area contributed by atoms with Gasteiger partial charge in [0.2, 0.25) is 0 Å². The fourth-order valence-electron chi connectivity index (χ4n) is 4.38. The van der Waals surface area contributed by atoms with Crippen molar-refractivity contribution >= 4 is 46.4 Å². The van der Waals surface area contributed by atoms with Crippen LogP contribution in [-0.2, 0) is 0 Å². The van der Waals surface area contributed by atoms with Crippen LogP contribution in [0, 0.1) is 5.92 Å². The van der Waals surface area contributed by atoms with Crippen LogP contribution in [0.2, 0.25) is 0 Å². The highest BCUT2D eigenvalue weighted by molar-refractivity contribution is 6.09. The Morgan fingerprint density at radius 3 is 2.11 bits per heavy atom. The van der Waals surface area contributed by atoms with Crippen molar-refractivity contribution in [1.29, 1.82) is 0 Å². The molecule has 1 saturated heterocycles. The lowest BCUT2D eigenvalue weighted by molar-refractivity contribution is 0.161. The maximum atomic E-state index is 3.51. The standard InChI is InChI=1S/C24H30N2.2ClH/c1-18(2)11-12-24(26-15-13-25-14-16-26)23-17-19-7-3-4-8-20(19)21-9-5-6-10-22(21)23;;/h3-10,17-18,24-25H,11-16H2,1-2H3;2*1H/t24-;;/m1../s1. The van der Waals surface area contributed by atoms with Crippen LogP contribution in [-0.4, -0.2) is 31.1 Å². The highest BCUT2D eigenvalue weighted by atomic mass is 35.5. The third-order valence-electron chi connectivity index (χ3n) is 5.77. The zero-order valence-electron chi connectivity index (χ0n) is 16.9. The van der Waals surface area contributed by atoms with Gasteiger partial charge in [-0.3, -0.25) is 4.90 Å². The molecule has 1 atom stereocenters. The van der Waals surface area contributed by atoms with E-state index in [1.165, 1.54) is 39.9 Å². The van der Waals surface area contributed by atoms with Crippen LogP contribution in [0.5, 0.6) is 0 Å². The lowest BCUT2D eigenvalue weighted by atomic mass is 9.89. The van der Waals surface area contributed by atoms with Crippen LogP contribution in [0.25, 0.3) is 21.5 Å². The van der Waals surface area contributed by atoms with Gasteiger partial charge in [-0.15, -0.1) is 24.8 Å². The quantitative estimate of drug-likeness (QED) is 0.494. The summed E-state index contributed by atoms with van der Waals surface area (Å²) in [7, 11) is 0. The first-order valence-electron chi connectivity index (χ1n) is 10.1. The molecule has 0 bridgehead atoms. The van der Waals surface area contributed by atoms with Crippen molar-refractivity contribution in [2.24, 2.45) is 5.92 Å². The van der Waals surface area contributed by atoms with Crippen LogP contribution >= 0.6 is 24.8 Å². The first-order valence-corrected chi connectivity index (χ1v) is 10.1. The van der Waals surface area contributed by atoms with Gasteiger partial charge in [0.15, 0.2) is 0 Å². The molecule has 0 aliphatic carbocycles. The van der Waals surface area contributed by atoms with Gasteiger partial charge in [0.05, 0.1) is 0 Å². The van der Waals surface area contributed by atoms with E-state index in [0.717, 1.165) is 32.1 Å². The molecule has 0 unspecified atom stereocenters. The Kier molecular flexibility index (Phi) is 8.57. The van der Waals surface area contributed by atoms with E-state index >= 15 is 0 Å². The van der Waals surface area contributed by atoms with Gasteiger partial charge in [-0.2, -0.15) is 0 Å². The first kappa shape index (κ1) is 23.0. The van der Waals surface area contributed by atoms with Gasteiger partial charge in [-0.05, 0) is 51.9 Å². The second-order valence-corrected chi connectivity index (χ2v) is 8.01. The lowest BCUT2D eigenvalue weighted by Gasteiger charge is -2.36. The van der Waals surface area contributed by atoms with Gasteiger partial charge in [-0.1, -0.05) is 62.4 Å². The Hall–Kier alpha value is -1.32. The number of halogens is 2. The molecule has 0 saturated carbocycles. The molecule has 28 heavy (non-hydrogen) atoms. The Morgan fingerprint density at radius 1 is 0.821 bits per heavy atom. The van der Waals surface area contributed by atoms with Gasteiger partial charge in [0.25, 0.3) is 0 Å². The predicted octanol–water partition coefficient (Wildman–Crippen LogP) is 6.22. The van der Waals surface area contributed by atoms with E-state index in [1.54, 1.807) is 0 Å². The molecule has 0 spiro atoms. The molecule has 1 heterocycles. The number of nitrogens with zero attached hydrogens (tertiary/aromatic N) is 1. The molecule has 4 rings (SSSR count). The van der Waals surface area contributed by atoms with Crippen molar-refractivity contribution in [2.75, 3.05) is 26.2 Å². The zero-order valence-corrected chi connectivity index (χ0v) is 18.5. The van der Waals surface area contributed by atoms with E-state index < -0.39 is 0 Å². The molecule has 3 aromatic carbocycles.